The van der Waals surface area contributed by atoms with E-state index in [2.05, 4.69) is 33.1 Å². The molecule has 2 aromatic carbocycles. The molecule has 0 saturated carbocycles. The highest BCUT2D eigenvalue weighted by molar-refractivity contribution is 14.1. The minimum absolute atomic E-state index is 0.0792. The van der Waals surface area contributed by atoms with Gasteiger partial charge in [-0.3, -0.25) is 14.9 Å². The largest absolute Gasteiger partial charge is 0.496 e. The highest BCUT2D eigenvalue weighted by Gasteiger charge is 2.11. The first-order chi connectivity index (χ1) is 11.0. The molecule has 0 aliphatic rings. The van der Waals surface area contributed by atoms with Gasteiger partial charge in [-0.05, 0) is 46.9 Å². The number of nitro groups is 1. The zero-order valence-electron chi connectivity index (χ0n) is 12.0. The Morgan fingerprint density at radius 2 is 2.09 bits per heavy atom. The van der Waals surface area contributed by atoms with Crippen molar-refractivity contribution < 1.29 is 14.5 Å². The van der Waals surface area contributed by atoms with E-state index in [0.29, 0.717) is 16.9 Å². The number of halogens is 1. The number of hydrogen-bond acceptors (Lipinski definition) is 5. The van der Waals surface area contributed by atoms with Gasteiger partial charge in [0.25, 0.3) is 11.6 Å². The van der Waals surface area contributed by atoms with Crippen molar-refractivity contribution in [3.05, 3.63) is 67.3 Å². The standard InChI is InChI=1S/C15H12IN3O4/c1-23-14-7-6-10(8-12(14)16)15(20)18-17-9-11-4-2-3-5-13(11)19(21)22/h2-9H,1H3,(H,18,20). The fourth-order valence-electron chi connectivity index (χ4n) is 1.80. The van der Waals surface area contributed by atoms with E-state index in [9.17, 15) is 14.9 Å². The maximum absolute atomic E-state index is 12.0. The number of hydrogen-bond donors (Lipinski definition) is 1. The molecule has 1 amide bonds. The van der Waals surface area contributed by atoms with Crippen LogP contribution in [0.25, 0.3) is 0 Å². The lowest BCUT2D eigenvalue weighted by atomic mass is 10.2. The number of nitro benzene ring substituents is 1. The molecule has 0 bridgehead atoms. The monoisotopic (exact) mass is 425 g/mol. The molecule has 0 aliphatic heterocycles. The van der Waals surface area contributed by atoms with E-state index < -0.39 is 10.8 Å². The summed E-state index contributed by atoms with van der Waals surface area (Å²) in [5.41, 5.74) is 2.98. The summed E-state index contributed by atoms with van der Waals surface area (Å²) in [6, 6.07) is 11.1. The summed E-state index contributed by atoms with van der Waals surface area (Å²) in [6.45, 7) is 0. The van der Waals surface area contributed by atoms with E-state index in [1.165, 1.54) is 12.3 Å². The molecule has 8 heteroatoms. The Morgan fingerprint density at radius 3 is 2.74 bits per heavy atom. The second-order valence-corrected chi connectivity index (χ2v) is 5.53. The van der Waals surface area contributed by atoms with Crippen molar-refractivity contribution in [3.63, 3.8) is 0 Å². The third kappa shape index (κ3) is 4.25. The van der Waals surface area contributed by atoms with Crippen molar-refractivity contribution in [2.24, 2.45) is 5.10 Å². The van der Waals surface area contributed by atoms with E-state index in [4.69, 9.17) is 4.74 Å². The lowest BCUT2D eigenvalue weighted by molar-refractivity contribution is -0.385. The van der Waals surface area contributed by atoms with Gasteiger partial charge in [0.05, 0.1) is 27.4 Å². The van der Waals surface area contributed by atoms with Crippen LogP contribution >= 0.6 is 22.6 Å². The van der Waals surface area contributed by atoms with Gasteiger partial charge in [0.1, 0.15) is 5.75 Å². The van der Waals surface area contributed by atoms with Gasteiger partial charge in [0, 0.05) is 11.6 Å². The first-order valence-electron chi connectivity index (χ1n) is 6.43. The average molecular weight is 425 g/mol. The lowest BCUT2D eigenvalue weighted by Gasteiger charge is -2.05. The molecule has 0 heterocycles. The van der Waals surface area contributed by atoms with Crippen LogP contribution in [0.15, 0.2) is 47.6 Å². The Hall–Kier alpha value is -2.49. The summed E-state index contributed by atoms with van der Waals surface area (Å²) < 4.78 is 5.91. The van der Waals surface area contributed by atoms with Crippen LogP contribution in [0.1, 0.15) is 15.9 Å². The van der Waals surface area contributed by atoms with E-state index >= 15 is 0 Å². The number of hydrazone groups is 1. The van der Waals surface area contributed by atoms with Gasteiger partial charge in [-0.1, -0.05) is 12.1 Å². The van der Waals surface area contributed by atoms with Gasteiger partial charge in [0.2, 0.25) is 0 Å². The van der Waals surface area contributed by atoms with Gasteiger partial charge in [-0.25, -0.2) is 5.43 Å². The minimum Gasteiger partial charge on any atom is -0.496 e. The highest BCUT2D eigenvalue weighted by atomic mass is 127. The van der Waals surface area contributed by atoms with Crippen molar-refractivity contribution in [2.75, 3.05) is 7.11 Å². The Balaban J connectivity index is 2.10. The number of para-hydroxylation sites is 1. The maximum atomic E-state index is 12.0. The SMILES string of the molecule is COc1ccc(C(=O)NN=Cc2ccccc2[N+](=O)[O-])cc1I. The molecule has 7 nitrogen and oxygen atoms in total. The summed E-state index contributed by atoms with van der Waals surface area (Å²) in [4.78, 5) is 22.4. The number of nitrogens with zero attached hydrogens (tertiary/aromatic N) is 2. The van der Waals surface area contributed by atoms with Crippen molar-refractivity contribution in [2.45, 2.75) is 0 Å². The maximum Gasteiger partial charge on any atom is 0.278 e. The second-order valence-electron chi connectivity index (χ2n) is 4.36. The number of amides is 1. The molecule has 118 valence electrons. The molecule has 0 aliphatic carbocycles. The molecule has 0 radical (unpaired) electrons. The molecular formula is C15H12IN3O4. The number of methoxy groups -OCH3 is 1. The van der Waals surface area contributed by atoms with Crippen LogP contribution in [0.3, 0.4) is 0 Å². The van der Waals surface area contributed by atoms with Gasteiger partial charge in [0.15, 0.2) is 0 Å². The summed E-state index contributed by atoms with van der Waals surface area (Å²) in [7, 11) is 1.55. The molecule has 23 heavy (non-hydrogen) atoms. The van der Waals surface area contributed by atoms with Gasteiger partial charge in [-0.2, -0.15) is 5.10 Å². The second kappa shape index (κ2) is 7.68. The summed E-state index contributed by atoms with van der Waals surface area (Å²) in [6.07, 6.45) is 1.24. The van der Waals surface area contributed by atoms with Gasteiger partial charge >= 0.3 is 0 Å². The molecule has 2 aromatic rings. The first kappa shape index (κ1) is 16.9. The molecule has 0 unspecified atom stereocenters. The van der Waals surface area contributed by atoms with E-state index in [-0.39, 0.29) is 5.69 Å². The van der Waals surface area contributed by atoms with Crippen molar-refractivity contribution >= 4 is 40.4 Å². The Kier molecular flexibility index (Phi) is 5.63. The number of carbonyl (C=O) groups excluding carboxylic acids is 1. The van der Waals surface area contributed by atoms with Crippen LogP contribution in [0.5, 0.6) is 5.75 Å². The average Bonchev–Trinajstić information content (AvgIpc) is 2.55. The van der Waals surface area contributed by atoms with E-state index in [1.54, 1.807) is 43.5 Å². The van der Waals surface area contributed by atoms with Crippen LogP contribution in [-0.2, 0) is 0 Å². The fourth-order valence-corrected chi connectivity index (χ4v) is 2.53. The number of carbonyl (C=O) groups is 1. The first-order valence-corrected chi connectivity index (χ1v) is 7.51. The van der Waals surface area contributed by atoms with Crippen molar-refractivity contribution in [1.82, 2.24) is 5.43 Å². The van der Waals surface area contributed by atoms with Crippen molar-refractivity contribution in [1.29, 1.82) is 0 Å². The van der Waals surface area contributed by atoms with Gasteiger partial charge in [-0.15, -0.1) is 0 Å². The molecule has 1 N–H and O–H groups in total. The molecule has 0 aromatic heterocycles. The topological polar surface area (TPSA) is 93.8 Å². The van der Waals surface area contributed by atoms with Gasteiger partial charge < -0.3 is 4.74 Å². The number of ether oxygens (including phenoxy) is 1. The highest BCUT2D eigenvalue weighted by Crippen LogP contribution is 2.21. The number of benzene rings is 2. The molecule has 0 atom stereocenters. The van der Waals surface area contributed by atoms with Crippen LogP contribution < -0.4 is 10.2 Å². The zero-order chi connectivity index (χ0) is 16.8. The minimum atomic E-state index is -0.505. The number of rotatable bonds is 5. The summed E-state index contributed by atoms with van der Waals surface area (Å²) >= 11 is 2.06. The van der Waals surface area contributed by atoms with Crippen LogP contribution in [-0.4, -0.2) is 24.2 Å². The lowest BCUT2D eigenvalue weighted by Crippen LogP contribution is -2.17. The Bertz CT molecular complexity index is 777. The van der Waals surface area contributed by atoms with E-state index in [1.807, 2.05) is 0 Å². The van der Waals surface area contributed by atoms with Crippen LogP contribution in [0, 0.1) is 13.7 Å². The molecule has 0 saturated heterocycles. The predicted molar refractivity (Wildman–Crippen MR) is 93.9 cm³/mol. The summed E-state index contributed by atoms with van der Waals surface area (Å²) in [5, 5.41) is 14.7. The van der Waals surface area contributed by atoms with Crippen LogP contribution in [0.4, 0.5) is 5.69 Å². The third-order valence-electron chi connectivity index (χ3n) is 2.92. The molecule has 0 spiro atoms. The Labute approximate surface area is 145 Å². The smallest absolute Gasteiger partial charge is 0.278 e. The zero-order valence-corrected chi connectivity index (χ0v) is 14.2. The normalized spacial score (nSPS) is 10.5. The van der Waals surface area contributed by atoms with Crippen molar-refractivity contribution in [3.8, 4) is 5.75 Å². The molecule has 2 rings (SSSR count). The van der Waals surface area contributed by atoms with E-state index in [0.717, 1.165) is 3.57 Å². The summed E-state index contributed by atoms with van der Waals surface area (Å²) in [5.74, 6) is 0.256. The third-order valence-corrected chi connectivity index (χ3v) is 3.76. The molecule has 0 fully saturated rings. The Morgan fingerprint density at radius 1 is 1.35 bits per heavy atom. The van der Waals surface area contributed by atoms with Crippen LogP contribution in [0.2, 0.25) is 0 Å². The number of nitrogens with one attached hydrogen (secondary N) is 1. The predicted octanol–water partition coefficient (Wildman–Crippen LogP) is 2.97. The quantitative estimate of drug-likeness (QED) is 0.345. The fraction of sp³-hybridized carbons (Fsp3) is 0.0667. The molecular weight excluding hydrogens is 413 g/mol.